The Bertz CT molecular complexity index is 1560. The zero-order valence-electron chi connectivity index (χ0n) is 23.1. The molecule has 11 heteroatoms. The normalized spacial score (nSPS) is 18.3. The van der Waals surface area contributed by atoms with Crippen LogP contribution >= 0.6 is 11.3 Å². The van der Waals surface area contributed by atoms with Crippen molar-refractivity contribution in [1.82, 2.24) is 24.7 Å². The molecule has 216 valence electrons. The molecule has 0 unspecified atom stereocenters. The Morgan fingerprint density at radius 1 is 1.15 bits per heavy atom. The lowest BCUT2D eigenvalue weighted by atomic mass is 10.0. The van der Waals surface area contributed by atoms with E-state index in [0.29, 0.717) is 30.1 Å². The van der Waals surface area contributed by atoms with Crippen LogP contribution in [-0.4, -0.2) is 70.3 Å². The SMILES string of the molecule is CN(C)[C@@H]1CCN(Cc2cc(NC(=O)c3csc4c3CCN(Cc3cnc5[nH]ccc5c3)C4)cc(C(F)(F)F)c2)C1. The number of nitrogens with one attached hydrogen (secondary N) is 2. The number of carbonyl (C=O) groups excluding carboxylic acids is 1. The summed E-state index contributed by atoms with van der Waals surface area (Å²) < 4.78 is 41.3. The van der Waals surface area contributed by atoms with E-state index >= 15 is 0 Å². The van der Waals surface area contributed by atoms with Gasteiger partial charge in [-0.2, -0.15) is 13.2 Å². The Morgan fingerprint density at radius 3 is 2.76 bits per heavy atom. The lowest BCUT2D eigenvalue weighted by Crippen LogP contribution is -2.31. The Kier molecular flexibility index (Phi) is 7.62. The molecule has 41 heavy (non-hydrogen) atoms. The van der Waals surface area contributed by atoms with Crippen LogP contribution in [0.2, 0.25) is 0 Å². The summed E-state index contributed by atoms with van der Waals surface area (Å²) in [4.78, 5) is 28.7. The van der Waals surface area contributed by atoms with E-state index in [-0.39, 0.29) is 11.6 Å². The van der Waals surface area contributed by atoms with Gasteiger partial charge in [0.1, 0.15) is 5.65 Å². The van der Waals surface area contributed by atoms with E-state index in [4.69, 9.17) is 0 Å². The highest BCUT2D eigenvalue weighted by molar-refractivity contribution is 7.10. The van der Waals surface area contributed by atoms with Crippen LogP contribution in [0.4, 0.5) is 18.9 Å². The van der Waals surface area contributed by atoms with Crippen molar-refractivity contribution in [2.24, 2.45) is 0 Å². The molecule has 0 radical (unpaired) electrons. The molecule has 1 atom stereocenters. The van der Waals surface area contributed by atoms with Crippen LogP contribution in [0.25, 0.3) is 11.0 Å². The number of alkyl halides is 3. The Morgan fingerprint density at radius 2 is 1.98 bits per heavy atom. The van der Waals surface area contributed by atoms with Crippen molar-refractivity contribution in [2.45, 2.75) is 44.7 Å². The molecule has 2 aliphatic rings. The number of benzene rings is 1. The van der Waals surface area contributed by atoms with Crippen LogP contribution in [0, 0.1) is 0 Å². The first kappa shape index (κ1) is 27.9. The predicted octanol–water partition coefficient (Wildman–Crippen LogP) is 5.59. The number of thiophene rings is 1. The van der Waals surface area contributed by atoms with Gasteiger partial charge in [0.25, 0.3) is 5.91 Å². The first-order valence-electron chi connectivity index (χ1n) is 13.8. The monoisotopic (exact) mass is 582 g/mol. The predicted molar refractivity (Wildman–Crippen MR) is 155 cm³/mol. The van der Waals surface area contributed by atoms with Crippen LogP contribution < -0.4 is 5.32 Å². The summed E-state index contributed by atoms with van der Waals surface area (Å²) >= 11 is 1.53. The third-order valence-electron chi connectivity index (χ3n) is 8.10. The fourth-order valence-corrected chi connectivity index (χ4v) is 7.01. The zero-order chi connectivity index (χ0) is 28.7. The van der Waals surface area contributed by atoms with Crippen LogP contribution in [0.1, 0.15) is 43.9 Å². The molecule has 0 aliphatic carbocycles. The van der Waals surface area contributed by atoms with E-state index in [2.05, 4.69) is 36.1 Å². The largest absolute Gasteiger partial charge is 0.416 e. The summed E-state index contributed by atoms with van der Waals surface area (Å²) in [5.74, 6) is -0.364. The summed E-state index contributed by atoms with van der Waals surface area (Å²) in [5, 5.41) is 5.69. The second-order valence-electron chi connectivity index (χ2n) is 11.3. The van der Waals surface area contributed by atoms with E-state index in [0.717, 1.165) is 72.2 Å². The summed E-state index contributed by atoms with van der Waals surface area (Å²) in [5.41, 5.74) is 3.50. The quantitative estimate of drug-likeness (QED) is 0.298. The molecule has 6 rings (SSSR count). The molecular weight excluding hydrogens is 549 g/mol. The maximum absolute atomic E-state index is 13.8. The van der Waals surface area contributed by atoms with E-state index < -0.39 is 11.7 Å². The summed E-state index contributed by atoms with van der Waals surface area (Å²) in [6, 6.07) is 8.43. The van der Waals surface area contributed by atoms with E-state index in [9.17, 15) is 18.0 Å². The van der Waals surface area contributed by atoms with Crippen molar-refractivity contribution < 1.29 is 18.0 Å². The lowest BCUT2D eigenvalue weighted by Gasteiger charge is -2.27. The molecule has 1 fully saturated rings. The van der Waals surface area contributed by atoms with Gasteiger partial charge >= 0.3 is 6.18 Å². The summed E-state index contributed by atoms with van der Waals surface area (Å²) in [7, 11) is 4.04. The molecule has 4 aromatic rings. The molecule has 2 N–H and O–H groups in total. The standard InChI is InChI=1S/C30H33F3N6OS/c1-37(2)24-4-7-38(16-24)14-19-10-22(30(31,32)33)12-23(11-19)36-29(40)26-18-41-27-17-39(8-5-25(26)27)15-20-9-21-3-6-34-28(21)35-13-20/h3,6,9-13,18,24H,4-5,7-8,14-17H2,1-2H3,(H,34,35)(H,36,40)/t24-/m1/s1. The highest BCUT2D eigenvalue weighted by Gasteiger charge is 2.32. The minimum atomic E-state index is -4.50. The number of aromatic amines is 1. The van der Waals surface area contributed by atoms with Crippen LogP contribution in [0.3, 0.4) is 0 Å². The van der Waals surface area contributed by atoms with E-state index in [1.807, 2.05) is 37.9 Å². The Labute approximate surface area is 241 Å². The fraction of sp³-hybridized carbons (Fsp3) is 0.400. The number of fused-ring (bicyclic) bond motifs is 2. The number of halogens is 3. The van der Waals surface area contributed by atoms with Gasteiger partial charge in [-0.1, -0.05) is 0 Å². The van der Waals surface area contributed by atoms with Gasteiger partial charge in [0.2, 0.25) is 0 Å². The van der Waals surface area contributed by atoms with Crippen LogP contribution in [0.15, 0.2) is 48.1 Å². The first-order valence-corrected chi connectivity index (χ1v) is 14.7. The maximum Gasteiger partial charge on any atom is 0.416 e. The third-order valence-corrected chi connectivity index (χ3v) is 9.11. The number of carbonyl (C=O) groups is 1. The highest BCUT2D eigenvalue weighted by Crippen LogP contribution is 2.34. The second kappa shape index (κ2) is 11.2. The smallest absolute Gasteiger partial charge is 0.346 e. The number of amides is 1. The Hall–Kier alpha value is -3.25. The number of aromatic nitrogens is 2. The molecule has 3 aromatic heterocycles. The van der Waals surface area contributed by atoms with Gasteiger partial charge in [-0.3, -0.25) is 14.6 Å². The second-order valence-corrected chi connectivity index (χ2v) is 12.2. The molecule has 5 heterocycles. The van der Waals surface area contributed by atoms with Crippen molar-refractivity contribution >= 4 is 34.0 Å². The van der Waals surface area contributed by atoms with Crippen molar-refractivity contribution in [1.29, 1.82) is 0 Å². The van der Waals surface area contributed by atoms with Crippen LogP contribution in [0.5, 0.6) is 0 Å². The highest BCUT2D eigenvalue weighted by atomic mass is 32.1. The van der Waals surface area contributed by atoms with Gasteiger partial charge in [0.05, 0.1) is 11.1 Å². The number of nitrogens with zero attached hydrogens (tertiary/aromatic N) is 4. The molecular formula is C30H33F3N6OS. The van der Waals surface area contributed by atoms with Crippen molar-refractivity contribution in [3.05, 3.63) is 80.8 Å². The number of rotatable bonds is 7. The zero-order valence-corrected chi connectivity index (χ0v) is 23.9. The average Bonchev–Trinajstić information content (AvgIpc) is 3.67. The number of likely N-dealkylation sites (tertiary alicyclic amines) is 1. The van der Waals surface area contributed by atoms with Crippen LogP contribution in [-0.2, 0) is 32.2 Å². The molecule has 1 amide bonds. The topological polar surface area (TPSA) is 67.5 Å². The number of pyridine rings is 1. The van der Waals surface area contributed by atoms with Gasteiger partial charge in [0, 0.05) is 79.0 Å². The van der Waals surface area contributed by atoms with Crippen molar-refractivity contribution in [3.8, 4) is 0 Å². The van der Waals surface area contributed by atoms with Gasteiger partial charge < -0.3 is 15.2 Å². The average molecular weight is 583 g/mol. The molecule has 1 aromatic carbocycles. The van der Waals surface area contributed by atoms with Crippen molar-refractivity contribution in [2.75, 3.05) is 39.0 Å². The first-order chi connectivity index (χ1) is 19.6. The van der Waals surface area contributed by atoms with E-state index in [1.54, 1.807) is 6.07 Å². The fourth-order valence-electron chi connectivity index (χ4n) is 5.89. The molecule has 0 saturated carbocycles. The number of hydrogen-bond donors (Lipinski definition) is 2. The molecule has 2 aliphatic heterocycles. The maximum atomic E-state index is 13.8. The lowest BCUT2D eigenvalue weighted by molar-refractivity contribution is -0.137. The Balaban J connectivity index is 1.15. The number of likely N-dealkylation sites (N-methyl/N-ethyl adjacent to an activating group) is 1. The summed E-state index contributed by atoms with van der Waals surface area (Å²) in [6.07, 6.45) is 0.946. The van der Waals surface area contributed by atoms with Gasteiger partial charge in [-0.15, -0.1) is 11.3 Å². The van der Waals surface area contributed by atoms with Gasteiger partial charge in [-0.05, 0) is 74.0 Å². The molecule has 0 spiro atoms. The number of H-pyrrole nitrogens is 1. The minimum Gasteiger partial charge on any atom is -0.346 e. The number of anilines is 1. The van der Waals surface area contributed by atoms with Crippen molar-refractivity contribution in [3.63, 3.8) is 0 Å². The number of hydrogen-bond acceptors (Lipinski definition) is 6. The minimum absolute atomic E-state index is 0.174. The molecule has 7 nitrogen and oxygen atoms in total. The van der Waals surface area contributed by atoms with Gasteiger partial charge in [0.15, 0.2) is 0 Å². The molecule has 1 saturated heterocycles. The van der Waals surface area contributed by atoms with Gasteiger partial charge in [-0.25, -0.2) is 4.98 Å². The third kappa shape index (κ3) is 6.18. The summed E-state index contributed by atoms with van der Waals surface area (Å²) in [6.45, 7) is 4.30. The van der Waals surface area contributed by atoms with E-state index in [1.165, 1.54) is 17.4 Å². The molecule has 0 bridgehead atoms.